The van der Waals surface area contributed by atoms with Gasteiger partial charge < -0.3 is 10.0 Å². The van der Waals surface area contributed by atoms with Crippen molar-refractivity contribution in [3.63, 3.8) is 0 Å². The fourth-order valence-electron chi connectivity index (χ4n) is 5.03. The number of benzene rings is 2. The molecule has 2 heterocycles. The van der Waals surface area contributed by atoms with Crippen LogP contribution in [0.2, 0.25) is 0 Å². The highest BCUT2D eigenvalue weighted by Gasteiger charge is 2.40. The van der Waals surface area contributed by atoms with Gasteiger partial charge in [-0.15, -0.1) is 0 Å². The lowest BCUT2D eigenvalue weighted by molar-refractivity contribution is -0.142. The Kier molecular flexibility index (Phi) is 5.53. The minimum Gasteiger partial charge on any atom is -0.390 e. The van der Waals surface area contributed by atoms with Gasteiger partial charge in [-0.2, -0.15) is 5.10 Å². The van der Waals surface area contributed by atoms with Crippen molar-refractivity contribution >= 4 is 17.8 Å². The van der Waals surface area contributed by atoms with E-state index in [4.69, 9.17) is 0 Å². The number of anilines is 1. The van der Waals surface area contributed by atoms with E-state index >= 15 is 0 Å². The maximum absolute atomic E-state index is 12.5. The second-order valence-electron chi connectivity index (χ2n) is 9.33. The molecule has 3 aliphatic rings. The van der Waals surface area contributed by atoms with E-state index in [1.807, 2.05) is 17.2 Å². The molecule has 0 radical (unpaired) electrons. The first-order chi connectivity index (χ1) is 15.1. The minimum atomic E-state index is -0.725. The van der Waals surface area contributed by atoms with Gasteiger partial charge in [-0.3, -0.25) is 9.80 Å². The van der Waals surface area contributed by atoms with Gasteiger partial charge >= 0.3 is 0 Å². The Hall–Kier alpha value is -2.66. The molecule has 1 amide bonds. The van der Waals surface area contributed by atoms with Crippen LogP contribution < -0.4 is 5.01 Å². The van der Waals surface area contributed by atoms with E-state index in [0.717, 1.165) is 24.9 Å². The van der Waals surface area contributed by atoms with E-state index in [2.05, 4.69) is 58.6 Å². The van der Waals surface area contributed by atoms with E-state index in [-0.39, 0.29) is 12.0 Å². The monoisotopic (exact) mass is 417 g/mol. The van der Waals surface area contributed by atoms with Crippen LogP contribution in [0.1, 0.15) is 44.9 Å². The zero-order valence-corrected chi connectivity index (χ0v) is 18.0. The third-order valence-electron chi connectivity index (χ3n) is 7.24. The van der Waals surface area contributed by atoms with Crippen LogP contribution in [-0.4, -0.2) is 46.9 Å². The summed E-state index contributed by atoms with van der Waals surface area (Å²) in [6.45, 7) is 1.34. The third kappa shape index (κ3) is 4.24. The molecule has 2 fully saturated rings. The molecule has 1 unspecified atom stereocenters. The molecule has 0 bridgehead atoms. The van der Waals surface area contributed by atoms with Gasteiger partial charge in [0, 0.05) is 31.6 Å². The molecule has 31 heavy (non-hydrogen) atoms. The number of carbonyl (C=O) groups excluding carboxylic acids is 1. The summed E-state index contributed by atoms with van der Waals surface area (Å²) in [4.78, 5) is 14.5. The van der Waals surface area contributed by atoms with Crippen molar-refractivity contribution in [3.8, 4) is 11.1 Å². The third-order valence-corrected chi connectivity index (χ3v) is 7.24. The number of rotatable bonds is 5. The van der Waals surface area contributed by atoms with Crippen molar-refractivity contribution in [2.75, 3.05) is 18.1 Å². The largest absolute Gasteiger partial charge is 0.390 e. The molecule has 2 aliphatic heterocycles. The Bertz CT molecular complexity index is 929. The highest BCUT2D eigenvalue weighted by Crippen LogP contribution is 2.35. The van der Waals surface area contributed by atoms with Gasteiger partial charge in [-0.1, -0.05) is 48.9 Å². The summed E-state index contributed by atoms with van der Waals surface area (Å²) in [6, 6.07) is 19.0. The van der Waals surface area contributed by atoms with Crippen LogP contribution >= 0.6 is 0 Å². The topological polar surface area (TPSA) is 56.1 Å². The van der Waals surface area contributed by atoms with E-state index in [1.54, 1.807) is 0 Å². The highest BCUT2D eigenvalue weighted by atomic mass is 16.3. The van der Waals surface area contributed by atoms with Crippen molar-refractivity contribution in [1.82, 2.24) is 4.90 Å². The number of nitrogens with zero attached hydrogens (tertiary/aromatic N) is 3. The van der Waals surface area contributed by atoms with Crippen LogP contribution in [0.15, 0.2) is 59.7 Å². The SMILES string of the molecule is O=C(C1CCC1)N1CCC(O)(CC2CC=NN2c2ccc(-c3ccccc3)cc2)CC1. The zero-order chi connectivity index (χ0) is 21.3. The van der Waals surface area contributed by atoms with Crippen molar-refractivity contribution in [2.45, 2.75) is 56.6 Å². The van der Waals surface area contributed by atoms with Crippen LogP contribution in [0.3, 0.4) is 0 Å². The lowest BCUT2D eigenvalue weighted by atomic mass is 9.81. The van der Waals surface area contributed by atoms with Gasteiger partial charge in [0.15, 0.2) is 0 Å². The summed E-state index contributed by atoms with van der Waals surface area (Å²) in [5, 5.41) is 17.9. The summed E-state index contributed by atoms with van der Waals surface area (Å²) < 4.78 is 0. The maximum Gasteiger partial charge on any atom is 0.225 e. The van der Waals surface area contributed by atoms with Gasteiger partial charge in [-0.05, 0) is 55.4 Å². The molecule has 1 saturated heterocycles. The minimum absolute atomic E-state index is 0.154. The predicted molar refractivity (Wildman–Crippen MR) is 124 cm³/mol. The van der Waals surface area contributed by atoms with E-state index in [9.17, 15) is 9.90 Å². The molecular weight excluding hydrogens is 386 g/mol. The fourth-order valence-corrected chi connectivity index (χ4v) is 5.03. The first-order valence-corrected chi connectivity index (χ1v) is 11.6. The quantitative estimate of drug-likeness (QED) is 0.781. The van der Waals surface area contributed by atoms with Gasteiger partial charge in [0.2, 0.25) is 5.91 Å². The molecule has 2 aromatic rings. The summed E-state index contributed by atoms with van der Waals surface area (Å²) in [5.74, 6) is 0.543. The molecular formula is C26H31N3O2. The molecule has 5 heteroatoms. The zero-order valence-electron chi connectivity index (χ0n) is 18.0. The number of aliphatic hydroxyl groups is 1. The Balaban J connectivity index is 1.21. The van der Waals surface area contributed by atoms with Crippen LogP contribution in [0, 0.1) is 5.92 Å². The van der Waals surface area contributed by atoms with E-state index in [1.165, 1.54) is 17.5 Å². The summed E-state index contributed by atoms with van der Waals surface area (Å²) in [7, 11) is 0. The molecule has 1 N–H and O–H groups in total. The molecule has 1 atom stereocenters. The lowest BCUT2D eigenvalue weighted by Gasteiger charge is -2.42. The maximum atomic E-state index is 12.5. The fraction of sp³-hybridized carbons (Fsp3) is 0.462. The average molecular weight is 418 g/mol. The molecule has 2 aromatic carbocycles. The highest BCUT2D eigenvalue weighted by molar-refractivity contribution is 5.79. The molecule has 1 saturated carbocycles. The van der Waals surface area contributed by atoms with Crippen LogP contribution in [0.25, 0.3) is 11.1 Å². The Labute approximate surface area is 184 Å². The van der Waals surface area contributed by atoms with Gasteiger partial charge in [0.1, 0.15) is 0 Å². The number of hydrogen-bond donors (Lipinski definition) is 1. The Morgan fingerprint density at radius 1 is 1.00 bits per heavy atom. The predicted octanol–water partition coefficient (Wildman–Crippen LogP) is 4.46. The molecule has 1 aliphatic carbocycles. The van der Waals surface area contributed by atoms with Crippen molar-refractivity contribution in [2.24, 2.45) is 11.0 Å². The van der Waals surface area contributed by atoms with Gasteiger partial charge in [-0.25, -0.2) is 0 Å². The van der Waals surface area contributed by atoms with Gasteiger partial charge in [0.05, 0.1) is 17.3 Å². The lowest BCUT2D eigenvalue weighted by Crippen LogP contribution is -2.51. The van der Waals surface area contributed by atoms with Crippen LogP contribution in [0.4, 0.5) is 5.69 Å². The number of carbonyl (C=O) groups is 1. The number of amides is 1. The number of hydrogen-bond acceptors (Lipinski definition) is 4. The molecule has 162 valence electrons. The summed E-state index contributed by atoms with van der Waals surface area (Å²) in [6.07, 6.45) is 8.04. The first-order valence-electron chi connectivity index (χ1n) is 11.6. The molecule has 5 nitrogen and oxygen atoms in total. The average Bonchev–Trinajstić information content (AvgIpc) is 3.21. The molecule has 0 spiro atoms. The molecule has 5 rings (SSSR count). The number of likely N-dealkylation sites (tertiary alicyclic amines) is 1. The van der Waals surface area contributed by atoms with Crippen LogP contribution in [0.5, 0.6) is 0 Å². The van der Waals surface area contributed by atoms with Gasteiger partial charge in [0.25, 0.3) is 0 Å². The Morgan fingerprint density at radius 2 is 1.68 bits per heavy atom. The number of hydrazone groups is 1. The molecule has 0 aromatic heterocycles. The normalized spacial score (nSPS) is 23.1. The van der Waals surface area contributed by atoms with Crippen molar-refractivity contribution in [3.05, 3.63) is 54.6 Å². The first kappa shape index (κ1) is 20.3. The standard InChI is InChI=1S/C26H31N3O2/c30-25(22-7-4-8-22)28-17-14-26(31,15-18-28)19-24-13-16-27-29(24)23-11-9-21(10-12-23)20-5-2-1-3-6-20/h1-3,5-6,9-12,16,22,24,31H,4,7-8,13-15,17-19H2. The second-order valence-corrected chi connectivity index (χ2v) is 9.33. The van der Waals surface area contributed by atoms with E-state index in [0.29, 0.717) is 38.3 Å². The van der Waals surface area contributed by atoms with Crippen LogP contribution in [-0.2, 0) is 4.79 Å². The Morgan fingerprint density at radius 3 is 2.32 bits per heavy atom. The smallest absolute Gasteiger partial charge is 0.225 e. The van der Waals surface area contributed by atoms with Crippen molar-refractivity contribution < 1.29 is 9.90 Å². The summed E-state index contributed by atoms with van der Waals surface area (Å²) in [5.41, 5.74) is 2.72. The second kappa shape index (κ2) is 8.46. The van der Waals surface area contributed by atoms with Crippen molar-refractivity contribution in [1.29, 1.82) is 0 Å². The number of piperidine rings is 1. The van der Waals surface area contributed by atoms with E-state index < -0.39 is 5.60 Å². The summed E-state index contributed by atoms with van der Waals surface area (Å²) >= 11 is 0.